The minimum Gasteiger partial charge on any atom is -0.503 e. The quantitative estimate of drug-likeness (QED) is 0.549. The van der Waals surface area contributed by atoms with Crippen molar-refractivity contribution in [3.63, 3.8) is 0 Å². The monoisotopic (exact) mass is 363 g/mol. The molecule has 0 saturated heterocycles. The number of furan rings is 1. The molecular weight excluding hydrogens is 346 g/mol. The Hall–Kier alpha value is -2.42. The average Bonchev–Trinajstić information content (AvgIpc) is 3.35. The number of ether oxygens (including phenoxy) is 1. The van der Waals surface area contributed by atoms with Crippen LogP contribution in [0.3, 0.4) is 0 Å². The van der Waals surface area contributed by atoms with Crippen LogP contribution in [0.4, 0.5) is 0 Å². The Labute approximate surface area is 147 Å². The fraction of sp³-hybridized carbons (Fsp3) is 0.294. The smallest absolute Gasteiger partial charge is 0.290 e. The van der Waals surface area contributed by atoms with Gasteiger partial charge in [-0.05, 0) is 23.6 Å². The average molecular weight is 363 g/mol. The van der Waals surface area contributed by atoms with Gasteiger partial charge in [-0.15, -0.1) is 11.3 Å². The number of thiophene rings is 1. The summed E-state index contributed by atoms with van der Waals surface area (Å²) in [6.07, 6.45) is 1.36. The number of carbonyl (C=O) groups is 2. The lowest BCUT2D eigenvalue weighted by Crippen LogP contribution is -2.34. The van der Waals surface area contributed by atoms with E-state index in [2.05, 4.69) is 0 Å². The minimum atomic E-state index is -0.692. The van der Waals surface area contributed by atoms with Crippen LogP contribution in [-0.2, 0) is 9.53 Å². The number of aliphatic hydroxyl groups is 2. The number of hydrogen-bond donors (Lipinski definition) is 2. The van der Waals surface area contributed by atoms with E-state index in [1.165, 1.54) is 28.6 Å². The van der Waals surface area contributed by atoms with Crippen LogP contribution in [0.1, 0.15) is 21.5 Å². The van der Waals surface area contributed by atoms with Crippen molar-refractivity contribution in [1.29, 1.82) is 0 Å². The molecule has 25 heavy (non-hydrogen) atoms. The van der Waals surface area contributed by atoms with E-state index in [0.717, 1.165) is 4.88 Å². The summed E-state index contributed by atoms with van der Waals surface area (Å²) in [5, 5.41) is 20.9. The van der Waals surface area contributed by atoms with Crippen molar-refractivity contribution in [3.05, 3.63) is 57.9 Å². The molecule has 1 amide bonds. The van der Waals surface area contributed by atoms with Gasteiger partial charge in [0.25, 0.3) is 5.91 Å². The third-order valence-corrected chi connectivity index (χ3v) is 4.74. The van der Waals surface area contributed by atoms with Crippen LogP contribution in [0, 0.1) is 0 Å². The summed E-state index contributed by atoms with van der Waals surface area (Å²) in [6, 6.07) is 5.99. The molecule has 8 heteroatoms. The number of hydrogen-bond acceptors (Lipinski definition) is 7. The summed E-state index contributed by atoms with van der Waals surface area (Å²) < 4.78 is 10.3. The molecule has 2 N–H and O–H groups in total. The van der Waals surface area contributed by atoms with E-state index in [9.17, 15) is 14.7 Å². The van der Waals surface area contributed by atoms with Gasteiger partial charge in [0.05, 0.1) is 37.7 Å². The van der Waals surface area contributed by atoms with Crippen molar-refractivity contribution in [2.45, 2.75) is 6.04 Å². The van der Waals surface area contributed by atoms with Crippen molar-refractivity contribution in [2.24, 2.45) is 0 Å². The molecule has 3 rings (SSSR count). The Kier molecular flexibility index (Phi) is 5.32. The Bertz CT molecular complexity index is 765. The molecule has 1 unspecified atom stereocenters. The lowest BCUT2D eigenvalue weighted by atomic mass is 10.0. The van der Waals surface area contributed by atoms with Crippen LogP contribution in [-0.4, -0.2) is 53.2 Å². The number of rotatable bonds is 8. The van der Waals surface area contributed by atoms with Gasteiger partial charge in [0.2, 0.25) is 5.78 Å². The number of Topliss-reactive ketones (excluding diaryl/α,β-unsaturated/α-hetero) is 1. The second-order valence-electron chi connectivity index (χ2n) is 5.32. The van der Waals surface area contributed by atoms with Crippen molar-refractivity contribution in [1.82, 2.24) is 4.90 Å². The number of ketones is 1. The SMILES string of the molecule is O=C(C1=C(O)C(=O)N(CCOCCO)C1c1cccs1)c1ccco1. The fourth-order valence-electron chi connectivity index (χ4n) is 2.73. The molecule has 0 spiro atoms. The maximum Gasteiger partial charge on any atom is 0.290 e. The molecule has 0 saturated carbocycles. The number of carbonyl (C=O) groups excluding carboxylic acids is 2. The highest BCUT2D eigenvalue weighted by atomic mass is 32.1. The second-order valence-corrected chi connectivity index (χ2v) is 6.30. The van der Waals surface area contributed by atoms with Gasteiger partial charge in [0.15, 0.2) is 11.5 Å². The van der Waals surface area contributed by atoms with E-state index in [4.69, 9.17) is 14.3 Å². The molecule has 7 nitrogen and oxygen atoms in total. The lowest BCUT2D eigenvalue weighted by Gasteiger charge is -2.25. The van der Waals surface area contributed by atoms with E-state index in [-0.39, 0.29) is 37.7 Å². The van der Waals surface area contributed by atoms with Crippen LogP contribution in [0.2, 0.25) is 0 Å². The normalized spacial score (nSPS) is 17.6. The molecular formula is C17H17NO6S. The third-order valence-electron chi connectivity index (χ3n) is 3.82. The van der Waals surface area contributed by atoms with Gasteiger partial charge in [-0.3, -0.25) is 9.59 Å². The first-order chi connectivity index (χ1) is 12.1. The molecule has 1 atom stereocenters. The second kappa shape index (κ2) is 7.64. The highest BCUT2D eigenvalue weighted by Crippen LogP contribution is 2.40. The highest BCUT2D eigenvalue weighted by Gasteiger charge is 2.44. The molecule has 2 aromatic rings. The van der Waals surface area contributed by atoms with Crippen LogP contribution in [0.25, 0.3) is 0 Å². The van der Waals surface area contributed by atoms with Gasteiger partial charge < -0.3 is 24.3 Å². The molecule has 0 aromatic carbocycles. The molecule has 0 bridgehead atoms. The topological polar surface area (TPSA) is 100 Å². The summed E-state index contributed by atoms with van der Waals surface area (Å²) >= 11 is 1.39. The van der Waals surface area contributed by atoms with E-state index in [0.29, 0.717) is 0 Å². The zero-order chi connectivity index (χ0) is 17.8. The molecule has 1 aliphatic rings. The van der Waals surface area contributed by atoms with Crippen LogP contribution in [0.5, 0.6) is 0 Å². The molecule has 0 radical (unpaired) electrons. The largest absolute Gasteiger partial charge is 0.503 e. The van der Waals surface area contributed by atoms with Crippen molar-refractivity contribution in [3.8, 4) is 0 Å². The summed E-state index contributed by atoms with van der Waals surface area (Å²) in [4.78, 5) is 27.4. The third kappa shape index (κ3) is 3.37. The first kappa shape index (κ1) is 17.4. The van der Waals surface area contributed by atoms with Gasteiger partial charge in [0.1, 0.15) is 0 Å². The first-order valence-electron chi connectivity index (χ1n) is 7.69. The van der Waals surface area contributed by atoms with Gasteiger partial charge in [-0.25, -0.2) is 0 Å². The Morgan fingerprint density at radius 3 is 2.80 bits per heavy atom. The zero-order valence-electron chi connectivity index (χ0n) is 13.3. The maximum absolute atomic E-state index is 12.7. The van der Waals surface area contributed by atoms with Crippen molar-refractivity contribution >= 4 is 23.0 Å². The minimum absolute atomic E-state index is 0.00422. The fourth-order valence-corrected chi connectivity index (χ4v) is 3.57. The summed E-state index contributed by atoms with van der Waals surface area (Å²) in [6.45, 7) is 0.404. The number of aliphatic hydroxyl groups excluding tert-OH is 2. The number of amides is 1. The molecule has 1 aliphatic heterocycles. The number of nitrogens with zero attached hydrogens (tertiary/aromatic N) is 1. The summed E-state index contributed by atoms with van der Waals surface area (Å²) in [5.74, 6) is -1.65. The first-order valence-corrected chi connectivity index (χ1v) is 8.57. The Morgan fingerprint density at radius 2 is 2.16 bits per heavy atom. The summed E-state index contributed by atoms with van der Waals surface area (Å²) in [7, 11) is 0. The van der Waals surface area contributed by atoms with E-state index < -0.39 is 23.5 Å². The maximum atomic E-state index is 12.7. The zero-order valence-corrected chi connectivity index (χ0v) is 14.1. The highest BCUT2D eigenvalue weighted by molar-refractivity contribution is 7.10. The van der Waals surface area contributed by atoms with Crippen LogP contribution in [0.15, 0.2) is 51.7 Å². The molecule has 0 aliphatic carbocycles. The van der Waals surface area contributed by atoms with Crippen LogP contribution >= 0.6 is 11.3 Å². The molecule has 132 valence electrons. The predicted molar refractivity (Wildman–Crippen MR) is 89.4 cm³/mol. The van der Waals surface area contributed by atoms with E-state index in [1.54, 1.807) is 12.1 Å². The van der Waals surface area contributed by atoms with Gasteiger partial charge in [-0.1, -0.05) is 6.07 Å². The lowest BCUT2D eigenvalue weighted by molar-refractivity contribution is -0.130. The van der Waals surface area contributed by atoms with Gasteiger partial charge in [-0.2, -0.15) is 0 Å². The standard InChI is InChI=1S/C17H17NO6S/c19-6-9-23-8-5-18-14(12-4-2-10-25-12)13(16(21)17(18)22)15(20)11-3-1-7-24-11/h1-4,7,10,14,19,21H,5-6,8-9H2. The van der Waals surface area contributed by atoms with E-state index in [1.807, 2.05) is 11.4 Å². The molecule has 3 heterocycles. The van der Waals surface area contributed by atoms with Crippen molar-refractivity contribution < 1.29 is 29.0 Å². The molecule has 0 fully saturated rings. The van der Waals surface area contributed by atoms with Gasteiger partial charge in [0, 0.05) is 11.4 Å². The summed E-state index contributed by atoms with van der Waals surface area (Å²) in [5.41, 5.74) is 0.00422. The predicted octanol–water partition coefficient (Wildman–Crippen LogP) is 1.93. The Morgan fingerprint density at radius 1 is 1.32 bits per heavy atom. The Balaban J connectivity index is 1.91. The van der Waals surface area contributed by atoms with E-state index >= 15 is 0 Å². The molecule has 2 aromatic heterocycles. The van der Waals surface area contributed by atoms with Gasteiger partial charge >= 0.3 is 0 Å². The van der Waals surface area contributed by atoms with Crippen molar-refractivity contribution in [2.75, 3.05) is 26.4 Å². The van der Waals surface area contributed by atoms with Crippen LogP contribution < -0.4 is 0 Å².